The SMILES string of the molecule is CCNC(=NCCNC(=O)c1ccco1)N1CCC(=Cc2ccccc2)CC1. The first-order valence-corrected chi connectivity index (χ1v) is 9.85. The predicted molar refractivity (Wildman–Crippen MR) is 112 cm³/mol. The molecular weight excluding hydrogens is 352 g/mol. The molecule has 0 spiro atoms. The number of aliphatic imine (C=N–C) groups is 1. The number of benzene rings is 1. The maximum absolute atomic E-state index is 11.9. The van der Waals surface area contributed by atoms with Gasteiger partial charge in [-0.25, -0.2) is 0 Å². The van der Waals surface area contributed by atoms with Crippen LogP contribution in [0.25, 0.3) is 6.08 Å². The lowest BCUT2D eigenvalue weighted by Crippen LogP contribution is -2.44. The van der Waals surface area contributed by atoms with Crippen LogP contribution in [0, 0.1) is 0 Å². The Labute approximate surface area is 166 Å². The number of nitrogens with zero attached hydrogens (tertiary/aromatic N) is 2. The predicted octanol–water partition coefficient (Wildman–Crippen LogP) is 3.15. The number of hydrogen-bond acceptors (Lipinski definition) is 3. The van der Waals surface area contributed by atoms with Gasteiger partial charge >= 0.3 is 0 Å². The quantitative estimate of drug-likeness (QED) is 0.459. The molecule has 6 heteroatoms. The first-order chi connectivity index (χ1) is 13.8. The number of furan rings is 1. The van der Waals surface area contributed by atoms with Crippen LogP contribution in [-0.2, 0) is 0 Å². The fourth-order valence-corrected chi connectivity index (χ4v) is 3.19. The number of likely N-dealkylation sites (tertiary alicyclic amines) is 1. The number of carbonyl (C=O) groups excluding carboxylic acids is 1. The van der Waals surface area contributed by atoms with E-state index in [2.05, 4.69) is 57.8 Å². The molecule has 2 heterocycles. The largest absolute Gasteiger partial charge is 0.459 e. The van der Waals surface area contributed by atoms with Crippen molar-refractivity contribution in [2.24, 2.45) is 4.99 Å². The van der Waals surface area contributed by atoms with Crippen LogP contribution >= 0.6 is 0 Å². The van der Waals surface area contributed by atoms with Crippen molar-refractivity contribution in [3.8, 4) is 0 Å². The summed E-state index contributed by atoms with van der Waals surface area (Å²) in [7, 11) is 0. The number of guanidine groups is 1. The molecule has 1 saturated heterocycles. The molecule has 2 N–H and O–H groups in total. The zero-order valence-corrected chi connectivity index (χ0v) is 16.4. The Balaban J connectivity index is 1.49. The molecule has 0 radical (unpaired) electrons. The Morgan fingerprint density at radius 2 is 1.93 bits per heavy atom. The van der Waals surface area contributed by atoms with Gasteiger partial charge in [-0.1, -0.05) is 42.0 Å². The minimum atomic E-state index is -0.209. The number of hydrogen-bond donors (Lipinski definition) is 2. The van der Waals surface area contributed by atoms with E-state index in [0.29, 0.717) is 18.8 Å². The molecule has 0 saturated carbocycles. The summed E-state index contributed by atoms with van der Waals surface area (Å²) in [5, 5.41) is 6.18. The fourth-order valence-electron chi connectivity index (χ4n) is 3.19. The molecule has 1 fully saturated rings. The molecule has 1 aromatic carbocycles. The number of rotatable bonds is 6. The number of amides is 1. The fraction of sp³-hybridized carbons (Fsp3) is 0.364. The monoisotopic (exact) mass is 380 g/mol. The first-order valence-electron chi connectivity index (χ1n) is 9.85. The minimum Gasteiger partial charge on any atom is -0.459 e. The average Bonchev–Trinajstić information content (AvgIpc) is 3.27. The van der Waals surface area contributed by atoms with E-state index in [0.717, 1.165) is 38.4 Å². The van der Waals surface area contributed by atoms with E-state index in [1.54, 1.807) is 12.1 Å². The summed E-state index contributed by atoms with van der Waals surface area (Å²) >= 11 is 0. The molecular formula is C22H28N4O2. The van der Waals surface area contributed by atoms with Crippen molar-refractivity contribution in [1.29, 1.82) is 0 Å². The third-order valence-electron chi connectivity index (χ3n) is 4.61. The molecule has 1 aliphatic heterocycles. The van der Waals surface area contributed by atoms with Crippen LogP contribution < -0.4 is 10.6 Å². The van der Waals surface area contributed by atoms with Gasteiger partial charge in [0.1, 0.15) is 0 Å². The van der Waals surface area contributed by atoms with Gasteiger partial charge in [-0.3, -0.25) is 9.79 Å². The molecule has 148 valence electrons. The summed E-state index contributed by atoms with van der Waals surface area (Å²) in [6.45, 7) is 5.78. The second kappa shape index (κ2) is 10.3. The highest BCUT2D eigenvalue weighted by Gasteiger charge is 2.17. The molecule has 0 atom stereocenters. The molecule has 6 nitrogen and oxygen atoms in total. The van der Waals surface area contributed by atoms with E-state index in [1.807, 2.05) is 6.07 Å². The maximum atomic E-state index is 11.9. The van der Waals surface area contributed by atoms with Gasteiger partial charge < -0.3 is 20.0 Å². The third kappa shape index (κ3) is 5.74. The van der Waals surface area contributed by atoms with E-state index in [1.165, 1.54) is 17.4 Å². The molecule has 28 heavy (non-hydrogen) atoms. The zero-order chi connectivity index (χ0) is 19.6. The van der Waals surface area contributed by atoms with E-state index in [9.17, 15) is 4.79 Å². The molecule has 3 rings (SSSR count). The molecule has 1 amide bonds. The molecule has 2 aromatic rings. The zero-order valence-electron chi connectivity index (χ0n) is 16.4. The van der Waals surface area contributed by atoms with Crippen LogP contribution in [0.2, 0.25) is 0 Å². The van der Waals surface area contributed by atoms with Gasteiger partial charge in [-0.15, -0.1) is 0 Å². The molecule has 1 aromatic heterocycles. The average molecular weight is 380 g/mol. The highest BCUT2D eigenvalue weighted by Crippen LogP contribution is 2.19. The number of nitrogens with one attached hydrogen (secondary N) is 2. The van der Waals surface area contributed by atoms with Crippen LogP contribution in [0.15, 0.2) is 63.7 Å². The number of carbonyl (C=O) groups is 1. The second-order valence-electron chi connectivity index (χ2n) is 6.67. The van der Waals surface area contributed by atoms with E-state index >= 15 is 0 Å². The van der Waals surface area contributed by atoms with Crippen LogP contribution in [-0.4, -0.2) is 49.5 Å². The molecule has 0 bridgehead atoms. The Morgan fingerprint density at radius 3 is 2.61 bits per heavy atom. The Kier molecular flexibility index (Phi) is 7.29. The van der Waals surface area contributed by atoms with Gasteiger partial charge in [0.05, 0.1) is 12.8 Å². The van der Waals surface area contributed by atoms with Gasteiger partial charge in [0, 0.05) is 26.2 Å². The molecule has 0 aliphatic carbocycles. The molecule has 0 unspecified atom stereocenters. The van der Waals surface area contributed by atoms with Gasteiger partial charge in [0.25, 0.3) is 5.91 Å². The van der Waals surface area contributed by atoms with Crippen LogP contribution in [0.3, 0.4) is 0 Å². The van der Waals surface area contributed by atoms with E-state index < -0.39 is 0 Å². The van der Waals surface area contributed by atoms with Crippen LogP contribution in [0.4, 0.5) is 0 Å². The van der Waals surface area contributed by atoms with Crippen molar-refractivity contribution < 1.29 is 9.21 Å². The lowest BCUT2D eigenvalue weighted by Gasteiger charge is -2.31. The van der Waals surface area contributed by atoms with Crippen molar-refractivity contribution in [2.45, 2.75) is 19.8 Å². The van der Waals surface area contributed by atoms with Crippen LogP contribution in [0.1, 0.15) is 35.9 Å². The maximum Gasteiger partial charge on any atom is 0.287 e. The van der Waals surface area contributed by atoms with Crippen molar-refractivity contribution in [1.82, 2.24) is 15.5 Å². The van der Waals surface area contributed by atoms with E-state index in [4.69, 9.17) is 4.42 Å². The summed E-state index contributed by atoms with van der Waals surface area (Å²) in [6.07, 6.45) is 5.86. The van der Waals surface area contributed by atoms with Gasteiger partial charge in [0.15, 0.2) is 11.7 Å². The van der Waals surface area contributed by atoms with Gasteiger partial charge in [-0.2, -0.15) is 0 Å². The first kappa shape index (κ1) is 19.7. The third-order valence-corrected chi connectivity index (χ3v) is 4.61. The summed E-state index contributed by atoms with van der Waals surface area (Å²) in [5.74, 6) is 1.03. The summed E-state index contributed by atoms with van der Waals surface area (Å²) in [6, 6.07) is 13.8. The summed E-state index contributed by atoms with van der Waals surface area (Å²) in [5.41, 5.74) is 2.74. The summed E-state index contributed by atoms with van der Waals surface area (Å²) in [4.78, 5) is 18.8. The normalized spacial score (nSPS) is 14.7. The lowest BCUT2D eigenvalue weighted by atomic mass is 10.0. The van der Waals surface area contributed by atoms with Crippen molar-refractivity contribution >= 4 is 17.9 Å². The Bertz CT molecular complexity index is 787. The van der Waals surface area contributed by atoms with E-state index in [-0.39, 0.29) is 5.91 Å². The van der Waals surface area contributed by atoms with Gasteiger partial charge in [0.2, 0.25) is 0 Å². The highest BCUT2D eigenvalue weighted by molar-refractivity contribution is 5.91. The number of piperidine rings is 1. The topological polar surface area (TPSA) is 69.9 Å². The van der Waals surface area contributed by atoms with Crippen molar-refractivity contribution in [3.63, 3.8) is 0 Å². The Hall–Kier alpha value is -3.02. The van der Waals surface area contributed by atoms with Crippen molar-refractivity contribution in [3.05, 3.63) is 65.6 Å². The molecule has 1 aliphatic rings. The standard InChI is InChI=1S/C22H28N4O2/c1-2-23-22(25-13-12-24-21(27)20-9-6-16-28-20)26-14-10-19(11-15-26)17-18-7-4-3-5-8-18/h3-9,16-17H,2,10-15H2,1H3,(H,23,25)(H,24,27). The lowest BCUT2D eigenvalue weighted by molar-refractivity contribution is 0.0927. The smallest absolute Gasteiger partial charge is 0.287 e. The van der Waals surface area contributed by atoms with Crippen molar-refractivity contribution in [2.75, 3.05) is 32.7 Å². The Morgan fingerprint density at radius 1 is 1.14 bits per heavy atom. The summed E-state index contributed by atoms with van der Waals surface area (Å²) < 4.78 is 5.09. The van der Waals surface area contributed by atoms with Crippen LogP contribution in [0.5, 0.6) is 0 Å². The second-order valence-corrected chi connectivity index (χ2v) is 6.67. The van der Waals surface area contributed by atoms with Gasteiger partial charge in [-0.05, 0) is 37.5 Å². The minimum absolute atomic E-state index is 0.209. The highest BCUT2D eigenvalue weighted by atomic mass is 16.3.